The molecule has 1 aromatic carbocycles. The van der Waals surface area contributed by atoms with E-state index in [4.69, 9.17) is 4.74 Å². The van der Waals surface area contributed by atoms with E-state index >= 15 is 0 Å². The molecule has 1 amide bonds. The van der Waals surface area contributed by atoms with Gasteiger partial charge in [-0.1, -0.05) is 47.4 Å². The summed E-state index contributed by atoms with van der Waals surface area (Å²) in [6, 6.07) is 8.13. The third-order valence-corrected chi connectivity index (χ3v) is 6.32. The summed E-state index contributed by atoms with van der Waals surface area (Å²) in [5, 5.41) is 12.3. The van der Waals surface area contributed by atoms with Gasteiger partial charge in [-0.25, -0.2) is 0 Å². The zero-order chi connectivity index (χ0) is 18.4. The van der Waals surface area contributed by atoms with Crippen LogP contribution in [-0.4, -0.2) is 53.1 Å². The van der Waals surface area contributed by atoms with Crippen molar-refractivity contribution in [1.29, 1.82) is 0 Å². The molecule has 0 saturated carbocycles. The van der Waals surface area contributed by atoms with Crippen LogP contribution in [0.2, 0.25) is 0 Å². The van der Waals surface area contributed by atoms with E-state index in [2.05, 4.69) is 34.6 Å². The van der Waals surface area contributed by atoms with Crippen molar-refractivity contribution < 1.29 is 9.53 Å². The zero-order valence-corrected chi connectivity index (χ0v) is 16.7. The highest BCUT2D eigenvalue weighted by Crippen LogP contribution is 2.26. The first-order valence-electron chi connectivity index (χ1n) is 8.72. The minimum Gasteiger partial charge on any atom is -0.376 e. The maximum absolute atomic E-state index is 12.4. The number of carbonyl (C=O) groups excluding carboxylic acids is 1. The van der Waals surface area contributed by atoms with Crippen LogP contribution >= 0.6 is 23.1 Å². The summed E-state index contributed by atoms with van der Waals surface area (Å²) in [4.78, 5) is 14.1. The van der Waals surface area contributed by atoms with Crippen molar-refractivity contribution in [3.63, 3.8) is 0 Å². The Labute approximate surface area is 162 Å². The summed E-state index contributed by atoms with van der Waals surface area (Å²) in [6.07, 6.45) is 2.49. The van der Waals surface area contributed by atoms with Crippen LogP contribution in [0.15, 0.2) is 28.6 Å². The highest BCUT2D eigenvalue weighted by atomic mass is 32.2. The molecule has 0 aliphatic carbocycles. The van der Waals surface area contributed by atoms with E-state index in [1.807, 2.05) is 19.2 Å². The van der Waals surface area contributed by atoms with E-state index in [1.54, 1.807) is 4.90 Å². The molecule has 6 nitrogen and oxygen atoms in total. The molecule has 0 spiro atoms. The molecule has 0 bridgehead atoms. The highest BCUT2D eigenvalue weighted by molar-refractivity contribution is 8.01. The molecule has 8 heteroatoms. The number of hydrogen-bond donors (Lipinski definition) is 1. The number of aromatic nitrogens is 2. The maximum atomic E-state index is 12.4. The molecule has 1 atom stereocenters. The second-order valence-electron chi connectivity index (χ2n) is 6.35. The summed E-state index contributed by atoms with van der Waals surface area (Å²) in [6.45, 7) is 4.30. The van der Waals surface area contributed by atoms with Crippen molar-refractivity contribution in [2.75, 3.05) is 31.3 Å². The number of amides is 1. The van der Waals surface area contributed by atoms with Gasteiger partial charge in [-0.2, -0.15) is 0 Å². The number of hydrogen-bond acceptors (Lipinski definition) is 7. The van der Waals surface area contributed by atoms with E-state index in [0.29, 0.717) is 12.3 Å². The molecule has 1 N–H and O–H groups in total. The second kappa shape index (κ2) is 9.34. The minimum absolute atomic E-state index is 0.0855. The van der Waals surface area contributed by atoms with Crippen molar-refractivity contribution in [3.8, 4) is 0 Å². The summed E-state index contributed by atoms with van der Waals surface area (Å²) >= 11 is 2.91. The largest absolute Gasteiger partial charge is 0.376 e. The van der Waals surface area contributed by atoms with Gasteiger partial charge >= 0.3 is 0 Å². The van der Waals surface area contributed by atoms with Crippen LogP contribution in [0.5, 0.6) is 0 Å². The average molecular weight is 393 g/mol. The van der Waals surface area contributed by atoms with Crippen molar-refractivity contribution in [2.24, 2.45) is 0 Å². The Kier molecular flexibility index (Phi) is 6.87. The molecule has 0 radical (unpaired) electrons. The topological polar surface area (TPSA) is 67.4 Å². The fourth-order valence-electron chi connectivity index (χ4n) is 2.71. The lowest BCUT2D eigenvalue weighted by atomic mass is 10.1. The molecule has 1 fully saturated rings. The first-order valence-corrected chi connectivity index (χ1v) is 10.5. The summed E-state index contributed by atoms with van der Waals surface area (Å²) in [5.41, 5.74) is 2.37. The molecular weight excluding hydrogens is 368 g/mol. The number of benzene rings is 1. The molecule has 2 aromatic rings. The van der Waals surface area contributed by atoms with Crippen LogP contribution in [0.4, 0.5) is 5.13 Å². The monoisotopic (exact) mass is 392 g/mol. The Balaban J connectivity index is 1.43. The van der Waals surface area contributed by atoms with Gasteiger partial charge in [0, 0.05) is 26.7 Å². The Morgan fingerprint density at radius 3 is 3.04 bits per heavy atom. The number of carbonyl (C=O) groups is 1. The number of thioether (sulfide) groups is 1. The third kappa shape index (κ3) is 5.43. The minimum atomic E-state index is 0.0855. The van der Waals surface area contributed by atoms with Gasteiger partial charge in [0.15, 0.2) is 4.34 Å². The Bertz CT molecular complexity index is 731. The van der Waals surface area contributed by atoms with Gasteiger partial charge in [-0.3, -0.25) is 4.79 Å². The van der Waals surface area contributed by atoms with E-state index in [1.165, 1.54) is 34.2 Å². The fourth-order valence-corrected chi connectivity index (χ4v) is 4.41. The Hall–Kier alpha value is -1.64. The quantitative estimate of drug-likeness (QED) is 0.696. The van der Waals surface area contributed by atoms with Crippen LogP contribution in [0.1, 0.15) is 24.0 Å². The lowest BCUT2D eigenvalue weighted by Gasteiger charge is -2.18. The number of nitrogens with one attached hydrogen (secondary N) is 1. The maximum Gasteiger partial charge on any atom is 0.233 e. The number of anilines is 1. The van der Waals surface area contributed by atoms with E-state index in [0.717, 1.165) is 35.5 Å². The summed E-state index contributed by atoms with van der Waals surface area (Å²) in [5.74, 6) is 0.449. The van der Waals surface area contributed by atoms with E-state index in [-0.39, 0.29) is 12.0 Å². The average Bonchev–Trinajstić information content (AvgIpc) is 3.31. The van der Waals surface area contributed by atoms with Gasteiger partial charge in [0.05, 0.1) is 11.9 Å². The van der Waals surface area contributed by atoms with Gasteiger partial charge in [0.25, 0.3) is 0 Å². The first-order chi connectivity index (χ1) is 12.6. The predicted octanol–water partition coefficient (Wildman–Crippen LogP) is 3.19. The van der Waals surface area contributed by atoms with E-state index < -0.39 is 0 Å². The van der Waals surface area contributed by atoms with Gasteiger partial charge in [-0.15, -0.1) is 10.2 Å². The normalized spacial score (nSPS) is 16.6. The van der Waals surface area contributed by atoms with Crippen LogP contribution < -0.4 is 5.32 Å². The van der Waals surface area contributed by atoms with Crippen LogP contribution in [0.25, 0.3) is 0 Å². The first kappa shape index (κ1) is 19.1. The zero-order valence-electron chi connectivity index (χ0n) is 15.1. The second-order valence-corrected chi connectivity index (χ2v) is 8.55. The number of rotatable bonds is 8. The van der Waals surface area contributed by atoms with Gasteiger partial charge < -0.3 is 15.0 Å². The van der Waals surface area contributed by atoms with E-state index in [9.17, 15) is 4.79 Å². The van der Waals surface area contributed by atoms with Gasteiger partial charge in [0.1, 0.15) is 0 Å². The SMILES string of the molecule is Cc1ccccc1CN(C)C(=O)CSc1nnc(NCC2CCCO2)s1. The lowest BCUT2D eigenvalue weighted by molar-refractivity contribution is -0.127. The fraction of sp³-hybridized carbons (Fsp3) is 0.500. The molecule has 1 aliphatic rings. The molecule has 140 valence electrons. The molecule has 3 rings (SSSR count). The number of ether oxygens (including phenoxy) is 1. The Morgan fingerprint density at radius 2 is 2.27 bits per heavy atom. The van der Waals surface area contributed by atoms with Crippen molar-refractivity contribution in [3.05, 3.63) is 35.4 Å². The Morgan fingerprint density at radius 1 is 1.42 bits per heavy atom. The molecule has 1 saturated heterocycles. The lowest BCUT2D eigenvalue weighted by Crippen LogP contribution is -2.28. The molecule has 2 heterocycles. The summed E-state index contributed by atoms with van der Waals surface area (Å²) < 4.78 is 6.39. The summed E-state index contributed by atoms with van der Waals surface area (Å²) in [7, 11) is 1.84. The van der Waals surface area contributed by atoms with Crippen LogP contribution in [-0.2, 0) is 16.1 Å². The van der Waals surface area contributed by atoms with Crippen molar-refractivity contribution in [2.45, 2.75) is 36.8 Å². The molecule has 1 unspecified atom stereocenters. The number of nitrogens with zero attached hydrogens (tertiary/aromatic N) is 3. The molecule has 1 aromatic heterocycles. The van der Waals surface area contributed by atoms with Crippen molar-refractivity contribution in [1.82, 2.24) is 15.1 Å². The van der Waals surface area contributed by atoms with Gasteiger partial charge in [-0.05, 0) is 30.9 Å². The van der Waals surface area contributed by atoms with Crippen molar-refractivity contribution >= 4 is 34.1 Å². The van der Waals surface area contributed by atoms with Gasteiger partial charge in [0.2, 0.25) is 11.0 Å². The molecule has 1 aliphatic heterocycles. The highest BCUT2D eigenvalue weighted by Gasteiger charge is 2.16. The standard InChI is InChI=1S/C18H24N4O2S2/c1-13-6-3-4-7-14(13)11-22(2)16(23)12-25-18-21-20-17(26-18)19-10-15-8-5-9-24-15/h3-4,6-7,15H,5,8-12H2,1-2H3,(H,19,20). The van der Waals surface area contributed by atoms with Crippen LogP contribution in [0, 0.1) is 6.92 Å². The molecule has 26 heavy (non-hydrogen) atoms. The third-order valence-electron chi connectivity index (χ3n) is 4.33. The van der Waals surface area contributed by atoms with Crippen LogP contribution in [0.3, 0.4) is 0 Å². The number of aryl methyl sites for hydroxylation is 1. The smallest absolute Gasteiger partial charge is 0.233 e. The predicted molar refractivity (Wildman–Crippen MR) is 106 cm³/mol. The molecular formula is C18H24N4O2S2.